The molecule has 64 valence electrons. The Bertz CT molecular complexity index is 138. The lowest BCUT2D eigenvalue weighted by Gasteiger charge is -2.05. The Morgan fingerprint density at radius 3 is 2.55 bits per heavy atom. The van der Waals surface area contributed by atoms with Crippen molar-refractivity contribution in [1.82, 2.24) is 4.90 Å². The van der Waals surface area contributed by atoms with Gasteiger partial charge in [-0.15, -0.1) is 0 Å². The summed E-state index contributed by atoms with van der Waals surface area (Å²) >= 11 is 0. The van der Waals surface area contributed by atoms with Crippen LogP contribution in [0.5, 0.6) is 0 Å². The van der Waals surface area contributed by atoms with E-state index < -0.39 is 0 Å². The Hall–Kier alpha value is -0.630. The highest BCUT2D eigenvalue weighted by atomic mass is 16.1. The molecule has 0 saturated heterocycles. The number of hydrogen-bond donors (Lipinski definition) is 0. The van der Waals surface area contributed by atoms with Gasteiger partial charge in [-0.05, 0) is 26.6 Å². The fourth-order valence-corrected chi connectivity index (χ4v) is 0.665. The van der Waals surface area contributed by atoms with Crippen molar-refractivity contribution in [3.8, 4) is 0 Å². The molecule has 2 heteroatoms. The van der Waals surface area contributed by atoms with E-state index in [1.807, 2.05) is 27.1 Å². The van der Waals surface area contributed by atoms with Crippen molar-refractivity contribution in [3.05, 3.63) is 12.2 Å². The molecule has 0 amide bonds. The molecule has 0 atom stereocenters. The molecular weight excluding hydrogens is 138 g/mol. The van der Waals surface area contributed by atoms with E-state index >= 15 is 0 Å². The molecule has 0 bridgehead atoms. The number of ketones is 1. The van der Waals surface area contributed by atoms with Crippen molar-refractivity contribution < 1.29 is 4.79 Å². The van der Waals surface area contributed by atoms with Crippen molar-refractivity contribution in [2.24, 2.45) is 0 Å². The smallest absolute Gasteiger partial charge is 0.155 e. The number of hydrogen-bond acceptors (Lipinski definition) is 2. The highest BCUT2D eigenvalue weighted by Gasteiger charge is 1.89. The molecule has 0 saturated carbocycles. The van der Waals surface area contributed by atoms with Gasteiger partial charge in [0.15, 0.2) is 5.78 Å². The molecule has 11 heavy (non-hydrogen) atoms. The maximum absolute atomic E-state index is 10.8. The maximum atomic E-state index is 10.8. The molecule has 0 N–H and O–H groups in total. The third-order valence-electron chi connectivity index (χ3n) is 1.40. The standard InChI is InChI=1S/C9H17NO/c1-4-9(11)7-5-6-8-10(2)3/h5,7H,4,6,8H2,1-3H3/b7-5+. The Morgan fingerprint density at radius 1 is 1.45 bits per heavy atom. The number of rotatable bonds is 5. The molecule has 0 aromatic rings. The zero-order chi connectivity index (χ0) is 8.69. The van der Waals surface area contributed by atoms with Crippen molar-refractivity contribution in [1.29, 1.82) is 0 Å². The molecule has 0 unspecified atom stereocenters. The van der Waals surface area contributed by atoms with Crippen molar-refractivity contribution in [2.75, 3.05) is 20.6 Å². The van der Waals surface area contributed by atoms with Gasteiger partial charge >= 0.3 is 0 Å². The molecule has 0 radical (unpaired) electrons. The van der Waals surface area contributed by atoms with E-state index in [0.29, 0.717) is 6.42 Å². The molecule has 0 heterocycles. The first kappa shape index (κ1) is 10.4. The van der Waals surface area contributed by atoms with E-state index in [4.69, 9.17) is 0 Å². The Labute approximate surface area is 68.9 Å². The van der Waals surface area contributed by atoms with E-state index in [2.05, 4.69) is 4.90 Å². The number of allylic oxidation sites excluding steroid dienone is 1. The fourth-order valence-electron chi connectivity index (χ4n) is 0.665. The van der Waals surface area contributed by atoms with Gasteiger partial charge in [0, 0.05) is 13.0 Å². The van der Waals surface area contributed by atoms with E-state index in [-0.39, 0.29) is 5.78 Å². The first-order valence-corrected chi connectivity index (χ1v) is 4.01. The predicted octanol–water partition coefficient (Wildman–Crippen LogP) is 1.47. The quantitative estimate of drug-likeness (QED) is 0.560. The van der Waals surface area contributed by atoms with Crippen LogP contribution in [-0.4, -0.2) is 31.3 Å². The SMILES string of the molecule is CCC(=O)/C=C/CCN(C)C. The normalized spacial score (nSPS) is 11.3. The second-order valence-electron chi connectivity index (χ2n) is 2.81. The fraction of sp³-hybridized carbons (Fsp3) is 0.667. The number of carbonyl (C=O) groups is 1. The Morgan fingerprint density at radius 2 is 2.09 bits per heavy atom. The van der Waals surface area contributed by atoms with Gasteiger partial charge in [0.05, 0.1) is 0 Å². The largest absolute Gasteiger partial charge is 0.309 e. The summed E-state index contributed by atoms with van der Waals surface area (Å²) in [7, 11) is 4.05. The molecule has 0 aliphatic heterocycles. The average Bonchev–Trinajstić information content (AvgIpc) is 1.97. The van der Waals surface area contributed by atoms with E-state index in [1.165, 1.54) is 0 Å². The summed E-state index contributed by atoms with van der Waals surface area (Å²) in [6.07, 6.45) is 5.17. The van der Waals surface area contributed by atoms with Crippen molar-refractivity contribution in [2.45, 2.75) is 19.8 Å². The van der Waals surface area contributed by atoms with Crippen LogP contribution in [0, 0.1) is 0 Å². The van der Waals surface area contributed by atoms with Gasteiger partial charge in [-0.25, -0.2) is 0 Å². The third kappa shape index (κ3) is 7.26. The summed E-state index contributed by atoms with van der Waals surface area (Å²) in [5.74, 6) is 0.212. The lowest BCUT2D eigenvalue weighted by Crippen LogP contribution is -2.11. The van der Waals surface area contributed by atoms with Crippen LogP contribution in [0.4, 0.5) is 0 Å². The number of nitrogens with zero attached hydrogens (tertiary/aromatic N) is 1. The predicted molar refractivity (Wildman–Crippen MR) is 47.6 cm³/mol. The summed E-state index contributed by atoms with van der Waals surface area (Å²) < 4.78 is 0. The monoisotopic (exact) mass is 155 g/mol. The van der Waals surface area contributed by atoms with E-state index in [1.54, 1.807) is 6.08 Å². The summed E-state index contributed by atoms with van der Waals surface area (Å²) in [5.41, 5.74) is 0. The van der Waals surface area contributed by atoms with Gasteiger partial charge < -0.3 is 4.90 Å². The van der Waals surface area contributed by atoms with Crippen LogP contribution in [0.3, 0.4) is 0 Å². The molecule has 0 spiro atoms. The van der Waals surface area contributed by atoms with Crippen molar-refractivity contribution >= 4 is 5.78 Å². The topological polar surface area (TPSA) is 20.3 Å². The molecule has 0 aromatic heterocycles. The van der Waals surface area contributed by atoms with Gasteiger partial charge in [-0.1, -0.05) is 13.0 Å². The Balaban J connectivity index is 3.37. The van der Waals surface area contributed by atoms with Gasteiger partial charge in [0.25, 0.3) is 0 Å². The molecule has 0 aromatic carbocycles. The van der Waals surface area contributed by atoms with Gasteiger partial charge in [-0.2, -0.15) is 0 Å². The zero-order valence-electron chi connectivity index (χ0n) is 7.63. The molecule has 0 aliphatic carbocycles. The highest BCUT2D eigenvalue weighted by Crippen LogP contribution is 1.88. The minimum absolute atomic E-state index is 0.212. The summed E-state index contributed by atoms with van der Waals surface area (Å²) in [4.78, 5) is 12.9. The second-order valence-corrected chi connectivity index (χ2v) is 2.81. The third-order valence-corrected chi connectivity index (χ3v) is 1.40. The first-order chi connectivity index (χ1) is 5.16. The summed E-state index contributed by atoms with van der Waals surface area (Å²) in [5, 5.41) is 0. The zero-order valence-corrected chi connectivity index (χ0v) is 7.63. The van der Waals surface area contributed by atoms with Crippen LogP contribution in [0.1, 0.15) is 19.8 Å². The van der Waals surface area contributed by atoms with Crippen LogP contribution in [0.2, 0.25) is 0 Å². The van der Waals surface area contributed by atoms with Crippen LogP contribution in [0.15, 0.2) is 12.2 Å². The summed E-state index contributed by atoms with van der Waals surface area (Å²) in [6.45, 7) is 2.88. The van der Waals surface area contributed by atoms with Gasteiger partial charge in [0.2, 0.25) is 0 Å². The van der Waals surface area contributed by atoms with Crippen LogP contribution < -0.4 is 0 Å². The summed E-state index contributed by atoms with van der Waals surface area (Å²) in [6, 6.07) is 0. The van der Waals surface area contributed by atoms with Gasteiger partial charge in [-0.3, -0.25) is 4.79 Å². The molecule has 0 fully saturated rings. The minimum Gasteiger partial charge on any atom is -0.309 e. The molecule has 0 aliphatic rings. The first-order valence-electron chi connectivity index (χ1n) is 4.01. The van der Waals surface area contributed by atoms with E-state index in [0.717, 1.165) is 13.0 Å². The molecule has 0 rings (SSSR count). The van der Waals surface area contributed by atoms with E-state index in [9.17, 15) is 4.79 Å². The Kier molecular flexibility index (Phi) is 5.75. The lowest BCUT2D eigenvalue weighted by atomic mass is 10.2. The minimum atomic E-state index is 0.212. The molecular formula is C9H17NO. The maximum Gasteiger partial charge on any atom is 0.155 e. The van der Waals surface area contributed by atoms with Crippen molar-refractivity contribution in [3.63, 3.8) is 0 Å². The lowest BCUT2D eigenvalue weighted by molar-refractivity contribution is -0.114. The highest BCUT2D eigenvalue weighted by molar-refractivity contribution is 5.89. The second kappa shape index (κ2) is 6.10. The van der Waals surface area contributed by atoms with Gasteiger partial charge in [0.1, 0.15) is 0 Å². The molecule has 2 nitrogen and oxygen atoms in total. The van der Waals surface area contributed by atoms with Crippen LogP contribution in [-0.2, 0) is 4.79 Å². The average molecular weight is 155 g/mol. The van der Waals surface area contributed by atoms with Crippen LogP contribution >= 0.6 is 0 Å². The van der Waals surface area contributed by atoms with Crippen LogP contribution in [0.25, 0.3) is 0 Å². The number of carbonyl (C=O) groups excluding carboxylic acids is 1.